The van der Waals surface area contributed by atoms with Crippen molar-refractivity contribution in [3.8, 4) is 5.75 Å². The molecule has 0 saturated carbocycles. The van der Waals surface area contributed by atoms with Crippen molar-refractivity contribution in [2.75, 3.05) is 18.1 Å². The first-order valence-electron chi connectivity index (χ1n) is 11.1. The smallest absolute Gasteiger partial charge is 0.265 e. The van der Waals surface area contributed by atoms with Crippen LogP contribution in [0.2, 0.25) is 0 Å². The number of nitrogens with zero attached hydrogens (tertiary/aromatic N) is 3. The van der Waals surface area contributed by atoms with Crippen molar-refractivity contribution in [1.82, 2.24) is 9.55 Å². The van der Waals surface area contributed by atoms with Crippen molar-refractivity contribution >= 4 is 38.9 Å². The summed E-state index contributed by atoms with van der Waals surface area (Å²) in [6.07, 6.45) is 6.01. The fraction of sp³-hybridized carbons (Fsp3) is 0.360. The van der Waals surface area contributed by atoms with Gasteiger partial charge in [-0.15, -0.1) is 17.9 Å². The van der Waals surface area contributed by atoms with E-state index < -0.39 is 6.04 Å². The van der Waals surface area contributed by atoms with Gasteiger partial charge in [0.2, 0.25) is 0 Å². The molecule has 7 nitrogen and oxygen atoms in total. The Balaban J connectivity index is 1.52. The first kappa shape index (κ1) is 21.6. The van der Waals surface area contributed by atoms with E-state index in [2.05, 4.69) is 18.5 Å². The van der Waals surface area contributed by atoms with Gasteiger partial charge in [0.1, 0.15) is 10.6 Å². The number of carbonyl (C=O) groups is 2. The number of thiophene rings is 1. The quantitative estimate of drug-likeness (QED) is 0.423. The van der Waals surface area contributed by atoms with Crippen LogP contribution in [0, 0.1) is 5.92 Å². The molecule has 0 spiro atoms. The molecule has 0 fully saturated rings. The average molecular weight is 464 g/mol. The Labute approximate surface area is 195 Å². The number of aryl methyl sites for hydroxylation is 1. The fourth-order valence-corrected chi connectivity index (χ4v) is 6.01. The molecule has 0 radical (unpaired) electrons. The Morgan fingerprint density at radius 2 is 2.21 bits per heavy atom. The normalized spacial score (nSPS) is 18.4. The van der Waals surface area contributed by atoms with Gasteiger partial charge in [-0.1, -0.05) is 13.0 Å². The highest BCUT2D eigenvalue weighted by Crippen LogP contribution is 2.36. The molecular weight excluding hydrogens is 438 g/mol. The number of amides is 1. The molecule has 2 unspecified atom stereocenters. The van der Waals surface area contributed by atoms with Gasteiger partial charge in [-0.3, -0.25) is 19.0 Å². The summed E-state index contributed by atoms with van der Waals surface area (Å²) in [5.74, 6) is 0.728. The number of anilines is 1. The molecule has 0 N–H and O–H groups in total. The number of fused-ring (bicyclic) bond motifs is 4. The van der Waals surface area contributed by atoms with Gasteiger partial charge in [-0.2, -0.15) is 0 Å². The van der Waals surface area contributed by atoms with Gasteiger partial charge in [-0.25, -0.2) is 4.98 Å². The molecule has 33 heavy (non-hydrogen) atoms. The number of hydrogen-bond acceptors (Lipinski definition) is 6. The fourth-order valence-electron chi connectivity index (χ4n) is 4.67. The number of aromatic nitrogens is 2. The third-order valence-electron chi connectivity index (χ3n) is 6.54. The molecular formula is C25H25N3O4S. The Morgan fingerprint density at radius 1 is 1.39 bits per heavy atom. The number of ketones is 1. The second kappa shape index (κ2) is 8.26. The van der Waals surface area contributed by atoms with Crippen molar-refractivity contribution in [1.29, 1.82) is 0 Å². The van der Waals surface area contributed by atoms with Crippen LogP contribution >= 0.6 is 11.3 Å². The van der Waals surface area contributed by atoms with E-state index in [0.29, 0.717) is 34.8 Å². The van der Waals surface area contributed by atoms with E-state index in [1.54, 1.807) is 47.4 Å². The van der Waals surface area contributed by atoms with Crippen molar-refractivity contribution in [2.24, 2.45) is 5.92 Å². The van der Waals surface area contributed by atoms with E-state index in [1.807, 2.05) is 0 Å². The van der Waals surface area contributed by atoms with E-state index >= 15 is 0 Å². The van der Waals surface area contributed by atoms with Crippen molar-refractivity contribution < 1.29 is 14.3 Å². The number of benzene rings is 1. The predicted octanol–water partition coefficient (Wildman–Crippen LogP) is 3.94. The number of Topliss-reactive ketones (excluding diaryl/α,β-unsaturated/α-hetero) is 1. The molecule has 0 bridgehead atoms. The summed E-state index contributed by atoms with van der Waals surface area (Å²) in [6, 6.07) is 4.28. The van der Waals surface area contributed by atoms with E-state index in [-0.39, 0.29) is 23.9 Å². The zero-order valence-corrected chi connectivity index (χ0v) is 19.5. The topological polar surface area (TPSA) is 81.5 Å². The van der Waals surface area contributed by atoms with Crippen LogP contribution in [0.15, 0.2) is 42.0 Å². The second-order valence-electron chi connectivity index (χ2n) is 8.79. The largest absolute Gasteiger partial charge is 0.482 e. The Hall–Kier alpha value is -3.26. The van der Waals surface area contributed by atoms with Gasteiger partial charge in [-0.05, 0) is 55.9 Å². The first-order valence-corrected chi connectivity index (χ1v) is 11.9. The summed E-state index contributed by atoms with van der Waals surface area (Å²) in [6.45, 7) is 7.92. The minimum atomic E-state index is -0.737. The van der Waals surface area contributed by atoms with Crippen LogP contribution in [0.5, 0.6) is 5.75 Å². The average Bonchev–Trinajstić information content (AvgIpc) is 3.18. The van der Waals surface area contributed by atoms with Crippen LogP contribution in [0.1, 0.15) is 47.1 Å². The molecule has 1 amide bonds. The maximum Gasteiger partial charge on any atom is 0.265 e. The number of hydrogen-bond donors (Lipinski definition) is 0. The minimum absolute atomic E-state index is 0.0463. The van der Waals surface area contributed by atoms with E-state index in [9.17, 15) is 14.4 Å². The molecule has 2 atom stereocenters. The summed E-state index contributed by atoms with van der Waals surface area (Å²) in [4.78, 5) is 47.2. The molecule has 0 saturated heterocycles. The summed E-state index contributed by atoms with van der Waals surface area (Å²) in [5, 5.41) is 0.658. The number of carbonyl (C=O) groups excluding carboxylic acids is 2. The van der Waals surface area contributed by atoms with Gasteiger partial charge in [0.05, 0.1) is 23.4 Å². The lowest BCUT2D eigenvalue weighted by Crippen LogP contribution is -2.39. The zero-order valence-electron chi connectivity index (χ0n) is 18.7. The molecule has 8 heteroatoms. The lowest BCUT2D eigenvalue weighted by molar-refractivity contribution is -0.121. The number of ether oxygens (including phenoxy) is 1. The molecule has 3 aromatic rings. The molecule has 1 aliphatic carbocycles. The minimum Gasteiger partial charge on any atom is -0.482 e. The molecule has 170 valence electrons. The van der Waals surface area contributed by atoms with Crippen LogP contribution in [0.4, 0.5) is 5.69 Å². The van der Waals surface area contributed by atoms with Crippen LogP contribution in [0.3, 0.4) is 0 Å². The first-order chi connectivity index (χ1) is 15.9. The van der Waals surface area contributed by atoms with Gasteiger partial charge >= 0.3 is 0 Å². The van der Waals surface area contributed by atoms with Crippen LogP contribution < -0.4 is 15.2 Å². The molecule has 2 aromatic heterocycles. The summed E-state index contributed by atoms with van der Waals surface area (Å²) < 4.78 is 6.94. The van der Waals surface area contributed by atoms with Gasteiger partial charge in [0.25, 0.3) is 11.5 Å². The highest BCUT2D eigenvalue weighted by molar-refractivity contribution is 7.18. The molecule has 2 aliphatic rings. The molecule has 3 heterocycles. The van der Waals surface area contributed by atoms with Crippen LogP contribution in [-0.4, -0.2) is 34.4 Å². The van der Waals surface area contributed by atoms with Crippen molar-refractivity contribution in [3.05, 3.63) is 63.5 Å². The third-order valence-corrected chi connectivity index (χ3v) is 7.70. The number of rotatable bonds is 5. The van der Waals surface area contributed by atoms with Crippen molar-refractivity contribution in [3.63, 3.8) is 0 Å². The third kappa shape index (κ3) is 3.58. The standard InChI is InChI=1S/C25H25N3O4S/c1-4-9-27-18-11-16(6-8-19(18)32-12-21(27)29)23(30)15(3)28-13-26-24-22(25(28)31)17-7-5-14(2)10-20(17)33-24/h4,6,8,11,13-15H,1,5,7,9-10,12H2,2-3H3. The molecule has 1 aliphatic heterocycles. The highest BCUT2D eigenvalue weighted by Gasteiger charge is 2.28. The molecule has 1 aromatic carbocycles. The Morgan fingerprint density at radius 3 is 3.00 bits per heavy atom. The summed E-state index contributed by atoms with van der Waals surface area (Å²) in [5.41, 5.74) is 1.87. The van der Waals surface area contributed by atoms with Crippen molar-refractivity contribution in [2.45, 2.75) is 39.2 Å². The highest BCUT2D eigenvalue weighted by atomic mass is 32.1. The van der Waals surface area contributed by atoms with E-state index in [4.69, 9.17) is 4.74 Å². The maximum atomic E-state index is 13.4. The Bertz CT molecular complexity index is 1360. The van der Waals surface area contributed by atoms with Crippen LogP contribution in [0.25, 0.3) is 10.2 Å². The monoisotopic (exact) mass is 463 g/mol. The SMILES string of the molecule is C=CCN1C(=O)COc2ccc(C(=O)C(C)n3cnc4sc5c(c4c3=O)CCC(C)C5)cc21. The zero-order chi connectivity index (χ0) is 23.3. The van der Waals surface area contributed by atoms with E-state index in [0.717, 1.165) is 29.7 Å². The molecule has 5 rings (SSSR count). The lowest BCUT2D eigenvalue weighted by Gasteiger charge is -2.29. The van der Waals surface area contributed by atoms with Gasteiger partial charge in [0.15, 0.2) is 12.4 Å². The predicted molar refractivity (Wildman–Crippen MR) is 129 cm³/mol. The Kier molecular flexibility index (Phi) is 5.40. The van der Waals surface area contributed by atoms with Gasteiger partial charge < -0.3 is 9.64 Å². The summed E-state index contributed by atoms with van der Waals surface area (Å²) in [7, 11) is 0. The lowest BCUT2D eigenvalue weighted by atomic mass is 9.89. The summed E-state index contributed by atoms with van der Waals surface area (Å²) >= 11 is 1.59. The van der Waals surface area contributed by atoms with Crippen LogP contribution in [-0.2, 0) is 17.6 Å². The maximum absolute atomic E-state index is 13.4. The van der Waals surface area contributed by atoms with E-state index in [1.165, 1.54) is 15.8 Å². The van der Waals surface area contributed by atoms with Gasteiger partial charge in [0, 0.05) is 17.0 Å². The second-order valence-corrected chi connectivity index (χ2v) is 9.88.